The van der Waals surface area contributed by atoms with Crippen LogP contribution >= 0.6 is 0 Å². The maximum absolute atomic E-state index is 12.2. The second-order valence-corrected chi connectivity index (χ2v) is 5.15. The van der Waals surface area contributed by atoms with E-state index in [9.17, 15) is 9.59 Å². The summed E-state index contributed by atoms with van der Waals surface area (Å²) in [5, 5.41) is 11.7. The van der Waals surface area contributed by atoms with E-state index in [4.69, 9.17) is 14.6 Å². The number of nitrogens with one attached hydrogen (secondary N) is 1. The van der Waals surface area contributed by atoms with E-state index in [0.717, 1.165) is 5.56 Å². The molecule has 0 aliphatic rings. The van der Waals surface area contributed by atoms with Gasteiger partial charge in [-0.25, -0.2) is 0 Å². The van der Waals surface area contributed by atoms with Gasteiger partial charge in [-0.2, -0.15) is 0 Å². The van der Waals surface area contributed by atoms with E-state index in [-0.39, 0.29) is 18.9 Å². The van der Waals surface area contributed by atoms with Crippen LogP contribution in [0.2, 0.25) is 0 Å². The third-order valence-electron chi connectivity index (χ3n) is 2.95. The lowest BCUT2D eigenvalue weighted by atomic mass is 9.98. The minimum Gasteiger partial charge on any atom is -0.481 e. The molecule has 6 nitrogen and oxygen atoms in total. The summed E-state index contributed by atoms with van der Waals surface area (Å²) in [5.41, 5.74) is 0.463. The molecule has 0 aromatic heterocycles. The SMILES string of the molecule is COCc1ccc(C(=O)NC(C)(COC)CC(=O)O)cc1. The number of rotatable bonds is 8. The van der Waals surface area contributed by atoms with Crippen molar-refractivity contribution < 1.29 is 24.2 Å². The standard InChI is InChI=1S/C15H21NO5/c1-15(10-21-3,8-13(17)18)16-14(19)12-6-4-11(5-7-12)9-20-2/h4-7H,8-10H2,1-3H3,(H,16,19)(H,17,18). The first-order chi connectivity index (χ1) is 9.90. The smallest absolute Gasteiger partial charge is 0.305 e. The lowest BCUT2D eigenvalue weighted by molar-refractivity contribution is -0.139. The number of carboxylic acid groups (broad SMARTS) is 1. The average Bonchev–Trinajstić information content (AvgIpc) is 2.38. The quantitative estimate of drug-likeness (QED) is 0.758. The monoisotopic (exact) mass is 295 g/mol. The van der Waals surface area contributed by atoms with Gasteiger partial charge < -0.3 is 19.9 Å². The van der Waals surface area contributed by atoms with E-state index < -0.39 is 11.5 Å². The third kappa shape index (κ3) is 5.53. The van der Waals surface area contributed by atoms with Crippen molar-refractivity contribution in [2.75, 3.05) is 20.8 Å². The summed E-state index contributed by atoms with van der Waals surface area (Å²) in [5.74, 6) is -1.33. The number of amides is 1. The number of benzene rings is 1. The number of carboxylic acids is 1. The van der Waals surface area contributed by atoms with Crippen LogP contribution in [-0.2, 0) is 20.9 Å². The second kappa shape index (κ2) is 7.75. The molecule has 1 unspecified atom stereocenters. The van der Waals surface area contributed by atoms with Gasteiger partial charge in [-0.3, -0.25) is 9.59 Å². The van der Waals surface area contributed by atoms with Crippen LogP contribution in [0, 0.1) is 0 Å². The molecule has 1 atom stereocenters. The molecule has 0 heterocycles. The molecular formula is C15H21NO5. The number of carbonyl (C=O) groups excluding carboxylic acids is 1. The van der Waals surface area contributed by atoms with E-state index in [0.29, 0.717) is 12.2 Å². The molecule has 6 heteroatoms. The minimum atomic E-state index is -0.995. The first kappa shape index (κ1) is 17.1. The molecule has 0 radical (unpaired) electrons. The van der Waals surface area contributed by atoms with Crippen LogP contribution in [0.1, 0.15) is 29.3 Å². The number of methoxy groups -OCH3 is 2. The fraction of sp³-hybridized carbons (Fsp3) is 0.467. The summed E-state index contributed by atoms with van der Waals surface area (Å²) < 4.78 is 10.0. The lowest BCUT2D eigenvalue weighted by Crippen LogP contribution is -2.50. The first-order valence-electron chi connectivity index (χ1n) is 6.51. The fourth-order valence-corrected chi connectivity index (χ4v) is 2.05. The number of ether oxygens (including phenoxy) is 2. The van der Waals surface area contributed by atoms with Gasteiger partial charge in [0.05, 0.1) is 25.2 Å². The molecule has 116 valence electrons. The zero-order valence-corrected chi connectivity index (χ0v) is 12.5. The average molecular weight is 295 g/mol. The van der Waals surface area contributed by atoms with Gasteiger partial charge in [0.25, 0.3) is 5.91 Å². The van der Waals surface area contributed by atoms with Crippen LogP contribution in [0.3, 0.4) is 0 Å². The summed E-state index contributed by atoms with van der Waals surface area (Å²) in [6, 6.07) is 6.95. The van der Waals surface area contributed by atoms with Gasteiger partial charge in [0.2, 0.25) is 0 Å². The minimum absolute atomic E-state index is 0.118. The maximum atomic E-state index is 12.2. The molecule has 1 aromatic rings. The second-order valence-electron chi connectivity index (χ2n) is 5.15. The van der Waals surface area contributed by atoms with Crippen LogP contribution in [0.25, 0.3) is 0 Å². The highest BCUT2D eigenvalue weighted by Gasteiger charge is 2.29. The highest BCUT2D eigenvalue weighted by Crippen LogP contribution is 2.13. The molecule has 1 rings (SSSR count). The van der Waals surface area contributed by atoms with Gasteiger partial charge in [0.15, 0.2) is 0 Å². The largest absolute Gasteiger partial charge is 0.481 e. The molecule has 2 N–H and O–H groups in total. The molecule has 0 fully saturated rings. The molecule has 0 saturated heterocycles. The zero-order chi connectivity index (χ0) is 15.9. The summed E-state index contributed by atoms with van der Waals surface area (Å²) in [6.45, 7) is 2.23. The highest BCUT2D eigenvalue weighted by molar-refractivity contribution is 5.95. The van der Waals surface area contributed by atoms with Gasteiger partial charge in [0.1, 0.15) is 0 Å². The molecule has 0 aliphatic carbocycles. The van der Waals surface area contributed by atoms with E-state index in [1.165, 1.54) is 7.11 Å². The number of hydrogen-bond acceptors (Lipinski definition) is 4. The number of aliphatic carboxylic acids is 1. The normalized spacial score (nSPS) is 13.5. The zero-order valence-electron chi connectivity index (χ0n) is 12.5. The van der Waals surface area contributed by atoms with Crippen LogP contribution in [0.5, 0.6) is 0 Å². The van der Waals surface area contributed by atoms with Gasteiger partial charge in [-0.1, -0.05) is 12.1 Å². The predicted molar refractivity (Wildman–Crippen MR) is 77.2 cm³/mol. The van der Waals surface area contributed by atoms with Crippen molar-refractivity contribution in [2.45, 2.75) is 25.5 Å². The summed E-state index contributed by atoms with van der Waals surface area (Å²) in [6.07, 6.45) is -0.214. The summed E-state index contributed by atoms with van der Waals surface area (Å²) in [4.78, 5) is 23.1. The Hall–Kier alpha value is -1.92. The Morgan fingerprint density at radius 3 is 2.29 bits per heavy atom. The van der Waals surface area contributed by atoms with Gasteiger partial charge in [-0.05, 0) is 24.6 Å². The van der Waals surface area contributed by atoms with Crippen LogP contribution in [0.4, 0.5) is 0 Å². The van der Waals surface area contributed by atoms with Crippen molar-refractivity contribution in [1.29, 1.82) is 0 Å². The lowest BCUT2D eigenvalue weighted by Gasteiger charge is -2.28. The van der Waals surface area contributed by atoms with Crippen LogP contribution < -0.4 is 5.32 Å². The van der Waals surface area contributed by atoms with Crippen molar-refractivity contribution in [2.24, 2.45) is 0 Å². The molecular weight excluding hydrogens is 274 g/mol. The molecule has 21 heavy (non-hydrogen) atoms. The maximum Gasteiger partial charge on any atom is 0.305 e. The number of carbonyl (C=O) groups is 2. The van der Waals surface area contributed by atoms with E-state index in [2.05, 4.69) is 5.32 Å². The van der Waals surface area contributed by atoms with Gasteiger partial charge >= 0.3 is 5.97 Å². The summed E-state index contributed by atoms with van der Waals surface area (Å²) in [7, 11) is 3.06. The fourth-order valence-electron chi connectivity index (χ4n) is 2.05. The third-order valence-corrected chi connectivity index (χ3v) is 2.95. The van der Waals surface area contributed by atoms with Crippen molar-refractivity contribution in [3.63, 3.8) is 0 Å². The molecule has 0 spiro atoms. The Bertz CT molecular complexity index is 485. The number of hydrogen-bond donors (Lipinski definition) is 2. The Balaban J connectivity index is 2.78. The van der Waals surface area contributed by atoms with Gasteiger partial charge in [0, 0.05) is 19.8 Å². The molecule has 0 aliphatic heterocycles. The Morgan fingerprint density at radius 2 is 1.81 bits per heavy atom. The highest BCUT2D eigenvalue weighted by atomic mass is 16.5. The molecule has 0 saturated carbocycles. The molecule has 0 bridgehead atoms. The van der Waals surface area contributed by atoms with Crippen molar-refractivity contribution >= 4 is 11.9 Å². The Labute approximate surface area is 124 Å². The van der Waals surface area contributed by atoms with E-state index >= 15 is 0 Å². The summed E-state index contributed by atoms with van der Waals surface area (Å²) >= 11 is 0. The van der Waals surface area contributed by atoms with Gasteiger partial charge in [-0.15, -0.1) is 0 Å². The topological polar surface area (TPSA) is 84.9 Å². The van der Waals surface area contributed by atoms with Crippen molar-refractivity contribution in [3.8, 4) is 0 Å². The first-order valence-corrected chi connectivity index (χ1v) is 6.51. The van der Waals surface area contributed by atoms with Crippen molar-refractivity contribution in [3.05, 3.63) is 35.4 Å². The predicted octanol–water partition coefficient (Wildman–Crippen LogP) is 1.44. The van der Waals surface area contributed by atoms with Crippen LogP contribution in [-0.4, -0.2) is 43.3 Å². The van der Waals surface area contributed by atoms with Crippen LogP contribution in [0.15, 0.2) is 24.3 Å². The Kier molecular flexibility index (Phi) is 6.33. The molecule has 1 aromatic carbocycles. The van der Waals surface area contributed by atoms with Crippen molar-refractivity contribution in [1.82, 2.24) is 5.32 Å². The van der Waals surface area contributed by atoms with E-state index in [1.807, 2.05) is 0 Å². The molecule has 1 amide bonds. The van der Waals surface area contributed by atoms with E-state index in [1.54, 1.807) is 38.3 Å². The Morgan fingerprint density at radius 1 is 1.19 bits per heavy atom.